The van der Waals surface area contributed by atoms with Gasteiger partial charge < -0.3 is 4.98 Å². The summed E-state index contributed by atoms with van der Waals surface area (Å²) >= 11 is 0. The molecule has 5 nitrogen and oxygen atoms in total. The van der Waals surface area contributed by atoms with Crippen LogP contribution in [0.15, 0.2) is 152 Å². The molecule has 0 spiro atoms. The number of anilines is 3. The fraction of sp³-hybridized carbons (Fsp3) is 0.0870. The second-order valence-electron chi connectivity index (χ2n) is 14.3. The Labute approximate surface area is 309 Å². The average Bonchev–Trinajstić information content (AvgIpc) is 3.77. The van der Waals surface area contributed by atoms with Crippen molar-refractivity contribution in [1.82, 2.24) is 19.5 Å². The van der Waals surface area contributed by atoms with E-state index >= 15 is 0 Å². The van der Waals surface area contributed by atoms with E-state index in [1.807, 2.05) is 71.4 Å². The summed E-state index contributed by atoms with van der Waals surface area (Å²) in [6.07, 6.45) is -2.70. The van der Waals surface area contributed by atoms with E-state index < -0.39 is 11.7 Å². The van der Waals surface area contributed by atoms with Gasteiger partial charge in [0.15, 0.2) is 0 Å². The summed E-state index contributed by atoms with van der Waals surface area (Å²) in [5.41, 5.74) is 9.31. The molecule has 54 heavy (non-hydrogen) atoms. The summed E-state index contributed by atoms with van der Waals surface area (Å²) in [6.45, 7) is 4.48. The van der Waals surface area contributed by atoms with Crippen molar-refractivity contribution in [2.45, 2.75) is 25.4 Å². The predicted octanol–water partition coefficient (Wildman–Crippen LogP) is 12.5. The lowest BCUT2D eigenvalue weighted by atomic mass is 9.74. The Morgan fingerprint density at radius 2 is 1.41 bits per heavy atom. The number of aromatic nitrogens is 4. The number of nitrogens with one attached hydrogen (secondary N) is 1. The van der Waals surface area contributed by atoms with E-state index in [0.29, 0.717) is 27.8 Å². The average molecular weight is 712 g/mol. The maximum atomic E-state index is 14.5. The molecule has 0 saturated carbocycles. The van der Waals surface area contributed by atoms with Crippen LogP contribution in [0.2, 0.25) is 0 Å². The Balaban J connectivity index is 1.21. The van der Waals surface area contributed by atoms with Gasteiger partial charge in [-0.05, 0) is 71.8 Å². The smallest absolute Gasteiger partial charge is 0.354 e. The van der Waals surface area contributed by atoms with Crippen LogP contribution in [0, 0.1) is 0 Å². The number of alkyl halides is 3. The molecule has 10 rings (SSSR count). The molecular formula is C46H32F3N5. The number of aromatic amines is 1. The Bertz CT molecular complexity index is 2870. The van der Waals surface area contributed by atoms with E-state index in [0.717, 1.165) is 50.6 Å². The molecule has 1 aliphatic rings. The molecule has 0 atom stereocenters. The van der Waals surface area contributed by atoms with Gasteiger partial charge in [0.1, 0.15) is 11.6 Å². The first kappa shape index (κ1) is 32.0. The van der Waals surface area contributed by atoms with E-state index in [2.05, 4.69) is 78.3 Å². The van der Waals surface area contributed by atoms with E-state index in [1.165, 1.54) is 11.6 Å². The normalized spacial score (nSPS) is 13.8. The third kappa shape index (κ3) is 4.72. The van der Waals surface area contributed by atoms with Gasteiger partial charge in [0.25, 0.3) is 0 Å². The molecule has 0 radical (unpaired) electrons. The SMILES string of the molecule is CC1(C)c2ccccc2N(c2cccc(-c3cccc4c3nc(-c3ccc(C(F)(F)F)c5c3[nH]c3ccccc35)n4-c3ccccc3)c2)c2ncccc21. The fourth-order valence-corrected chi connectivity index (χ4v) is 8.32. The summed E-state index contributed by atoms with van der Waals surface area (Å²) in [7, 11) is 0. The fourth-order valence-electron chi connectivity index (χ4n) is 8.32. The zero-order chi connectivity index (χ0) is 36.8. The second kappa shape index (κ2) is 11.7. The van der Waals surface area contributed by atoms with Crippen molar-refractivity contribution in [3.63, 3.8) is 0 Å². The number of benzene rings is 6. The van der Waals surface area contributed by atoms with Crippen molar-refractivity contribution in [2.24, 2.45) is 0 Å². The number of para-hydroxylation sites is 4. The first-order valence-electron chi connectivity index (χ1n) is 17.8. The summed E-state index contributed by atoms with van der Waals surface area (Å²) in [5, 5.41) is 0.648. The number of rotatable bonds is 4. The molecule has 0 fully saturated rings. The van der Waals surface area contributed by atoms with Gasteiger partial charge in [-0.2, -0.15) is 13.2 Å². The van der Waals surface area contributed by atoms with Crippen molar-refractivity contribution in [1.29, 1.82) is 0 Å². The number of pyridine rings is 1. The standard InChI is InChI=1S/C46H32F3N5/c1-45(2)34-19-7-9-22-38(34)54(44-36(45)20-12-26-50-44)30-16-10-13-28(27-30)31-18-11-23-39-41(31)52-43(53(39)29-14-4-3-5-15-29)33-24-25-35(46(47,48)49)40-32-17-6-8-21-37(32)51-42(33)40/h3-27,51H,1-2H3. The molecule has 0 amide bonds. The minimum atomic E-state index is -4.54. The van der Waals surface area contributed by atoms with Crippen molar-refractivity contribution >= 4 is 50.0 Å². The van der Waals surface area contributed by atoms with Crippen LogP contribution in [-0.2, 0) is 11.6 Å². The quantitative estimate of drug-likeness (QED) is 0.198. The molecule has 6 aromatic carbocycles. The number of nitrogens with zero attached hydrogens (tertiary/aromatic N) is 4. The van der Waals surface area contributed by atoms with Gasteiger partial charge in [-0.25, -0.2) is 9.97 Å². The highest BCUT2D eigenvalue weighted by Gasteiger charge is 2.38. The van der Waals surface area contributed by atoms with Crippen LogP contribution in [-0.4, -0.2) is 19.5 Å². The zero-order valence-corrected chi connectivity index (χ0v) is 29.4. The molecule has 0 saturated heterocycles. The molecule has 3 aromatic heterocycles. The molecule has 0 bridgehead atoms. The van der Waals surface area contributed by atoms with Gasteiger partial charge in [0.05, 0.1) is 27.8 Å². The molecule has 4 heterocycles. The van der Waals surface area contributed by atoms with Gasteiger partial charge in [-0.3, -0.25) is 9.47 Å². The van der Waals surface area contributed by atoms with E-state index in [9.17, 15) is 13.2 Å². The number of hydrogen-bond acceptors (Lipinski definition) is 3. The van der Waals surface area contributed by atoms with Crippen LogP contribution in [0.25, 0.3) is 61.0 Å². The Morgan fingerprint density at radius 3 is 2.26 bits per heavy atom. The number of H-pyrrole nitrogens is 1. The maximum Gasteiger partial charge on any atom is 0.417 e. The van der Waals surface area contributed by atoms with Crippen molar-refractivity contribution in [3.8, 4) is 28.2 Å². The highest BCUT2D eigenvalue weighted by molar-refractivity contribution is 6.14. The number of halogens is 3. The van der Waals surface area contributed by atoms with E-state index in [4.69, 9.17) is 9.97 Å². The van der Waals surface area contributed by atoms with Crippen LogP contribution in [0.5, 0.6) is 0 Å². The van der Waals surface area contributed by atoms with E-state index in [1.54, 1.807) is 24.3 Å². The first-order valence-corrected chi connectivity index (χ1v) is 17.8. The lowest BCUT2D eigenvalue weighted by Gasteiger charge is -2.41. The minimum Gasteiger partial charge on any atom is -0.354 e. The van der Waals surface area contributed by atoms with Gasteiger partial charge in [-0.1, -0.05) is 98.8 Å². The third-order valence-electron chi connectivity index (χ3n) is 10.8. The molecular weight excluding hydrogens is 680 g/mol. The minimum absolute atomic E-state index is 0.133. The summed E-state index contributed by atoms with van der Waals surface area (Å²) in [5.74, 6) is 1.42. The van der Waals surface area contributed by atoms with Crippen molar-refractivity contribution in [3.05, 3.63) is 168 Å². The van der Waals surface area contributed by atoms with Crippen LogP contribution >= 0.6 is 0 Å². The molecule has 9 aromatic rings. The molecule has 262 valence electrons. The van der Waals surface area contributed by atoms with E-state index in [-0.39, 0.29) is 10.8 Å². The lowest BCUT2D eigenvalue weighted by Crippen LogP contribution is -2.31. The Kier molecular flexibility index (Phi) is 6.92. The summed E-state index contributed by atoms with van der Waals surface area (Å²) < 4.78 is 45.7. The largest absolute Gasteiger partial charge is 0.417 e. The van der Waals surface area contributed by atoms with Crippen LogP contribution < -0.4 is 4.90 Å². The Hall–Kier alpha value is -6.67. The second-order valence-corrected chi connectivity index (χ2v) is 14.3. The Morgan fingerprint density at radius 1 is 0.667 bits per heavy atom. The first-order chi connectivity index (χ1) is 26.2. The van der Waals surface area contributed by atoms with Gasteiger partial charge in [0.2, 0.25) is 0 Å². The van der Waals surface area contributed by atoms with Crippen LogP contribution in [0.1, 0.15) is 30.5 Å². The highest BCUT2D eigenvalue weighted by Crippen LogP contribution is 2.51. The van der Waals surface area contributed by atoms with Gasteiger partial charge in [0, 0.05) is 56.0 Å². The molecule has 8 heteroatoms. The highest BCUT2D eigenvalue weighted by atomic mass is 19.4. The van der Waals surface area contributed by atoms with Gasteiger partial charge in [-0.15, -0.1) is 0 Å². The number of fused-ring (bicyclic) bond motifs is 6. The summed E-state index contributed by atoms with van der Waals surface area (Å²) in [4.78, 5) is 15.8. The third-order valence-corrected chi connectivity index (χ3v) is 10.8. The molecule has 0 aliphatic carbocycles. The van der Waals surface area contributed by atoms with Crippen LogP contribution in [0.3, 0.4) is 0 Å². The topological polar surface area (TPSA) is 49.7 Å². The lowest BCUT2D eigenvalue weighted by molar-refractivity contribution is -0.136. The maximum absolute atomic E-state index is 14.5. The van der Waals surface area contributed by atoms with Crippen molar-refractivity contribution in [2.75, 3.05) is 4.90 Å². The van der Waals surface area contributed by atoms with Crippen LogP contribution in [0.4, 0.5) is 30.4 Å². The number of imidazole rings is 1. The zero-order valence-electron chi connectivity index (χ0n) is 29.4. The number of hydrogen-bond donors (Lipinski definition) is 1. The monoisotopic (exact) mass is 711 g/mol. The predicted molar refractivity (Wildman–Crippen MR) is 211 cm³/mol. The summed E-state index contributed by atoms with van der Waals surface area (Å²) in [6, 6.07) is 46.8. The molecule has 0 unspecified atom stereocenters. The van der Waals surface area contributed by atoms with Crippen molar-refractivity contribution < 1.29 is 13.2 Å². The molecule has 1 aliphatic heterocycles. The van der Waals surface area contributed by atoms with Gasteiger partial charge >= 0.3 is 6.18 Å². The molecule has 1 N–H and O–H groups in total.